The van der Waals surface area contributed by atoms with Gasteiger partial charge in [0.1, 0.15) is 0 Å². The van der Waals surface area contributed by atoms with Gasteiger partial charge in [0, 0.05) is 33.6 Å². The summed E-state index contributed by atoms with van der Waals surface area (Å²) in [7, 11) is 0. The van der Waals surface area contributed by atoms with Crippen LogP contribution in [-0.2, 0) is 0 Å². The van der Waals surface area contributed by atoms with E-state index in [1.54, 1.807) is 0 Å². The number of ketones is 1. The number of benzene rings is 4. The molecule has 0 aliphatic rings. The van der Waals surface area contributed by atoms with Crippen molar-refractivity contribution in [3.63, 3.8) is 0 Å². The Balaban J connectivity index is 1.89. The van der Waals surface area contributed by atoms with Crippen molar-refractivity contribution in [1.82, 2.24) is 0 Å². The van der Waals surface area contributed by atoms with Gasteiger partial charge >= 0.3 is 0 Å². The summed E-state index contributed by atoms with van der Waals surface area (Å²) in [6.07, 6.45) is 0. The molecule has 3 nitrogen and oxygen atoms in total. The van der Waals surface area contributed by atoms with Crippen molar-refractivity contribution in [2.75, 3.05) is 11.5 Å². The maximum Gasteiger partial charge on any atom is 0.194 e. The lowest BCUT2D eigenvalue weighted by atomic mass is 9.88. The number of hydrogen-bond donors (Lipinski definition) is 2. The normalized spacial score (nSPS) is 10.7. The van der Waals surface area contributed by atoms with Gasteiger partial charge < -0.3 is 11.5 Å². The third-order valence-electron chi connectivity index (χ3n) is 5.34. The molecule has 4 aromatic carbocycles. The van der Waals surface area contributed by atoms with E-state index < -0.39 is 0 Å². The first kappa shape index (κ1) is 19.5. The predicted octanol–water partition coefficient (Wildman–Crippen LogP) is 6.03. The Morgan fingerprint density at radius 2 is 0.967 bits per heavy atom. The van der Waals surface area contributed by atoms with Crippen LogP contribution in [0, 0.1) is 13.8 Å². The second kappa shape index (κ2) is 7.88. The average molecular weight is 393 g/mol. The molecule has 0 fully saturated rings. The smallest absolute Gasteiger partial charge is 0.194 e. The Labute approximate surface area is 177 Å². The molecule has 148 valence electrons. The van der Waals surface area contributed by atoms with E-state index in [1.165, 1.54) is 0 Å². The first-order chi connectivity index (χ1) is 14.5. The standard InChI is InChI=1S/C27H24N2O/c1-17-11-13-25(28)23(15-17)19-7-3-5-9-21(19)27(30)22-10-6-4-8-20(22)24-16-18(2)12-14-26(24)29/h3-16H,28-29H2,1-2H3. The topological polar surface area (TPSA) is 69.1 Å². The van der Waals surface area contributed by atoms with E-state index in [0.717, 1.165) is 33.4 Å². The van der Waals surface area contributed by atoms with Crippen LogP contribution in [0.25, 0.3) is 22.3 Å². The number of hydrogen-bond acceptors (Lipinski definition) is 3. The Bertz CT molecular complexity index is 1160. The summed E-state index contributed by atoms with van der Waals surface area (Å²) < 4.78 is 0. The summed E-state index contributed by atoms with van der Waals surface area (Å²) >= 11 is 0. The summed E-state index contributed by atoms with van der Waals surface area (Å²) in [5.74, 6) is -0.0528. The van der Waals surface area contributed by atoms with Crippen molar-refractivity contribution < 1.29 is 4.79 Å². The zero-order valence-corrected chi connectivity index (χ0v) is 17.1. The molecule has 4 rings (SSSR count). The van der Waals surface area contributed by atoms with Crippen LogP contribution in [0.2, 0.25) is 0 Å². The summed E-state index contributed by atoms with van der Waals surface area (Å²) in [6.45, 7) is 4.03. The molecular formula is C27H24N2O. The molecule has 0 amide bonds. The van der Waals surface area contributed by atoms with Gasteiger partial charge in [0.15, 0.2) is 5.78 Å². The lowest BCUT2D eigenvalue weighted by Gasteiger charge is -2.15. The molecule has 4 aromatic rings. The number of rotatable bonds is 4. The van der Waals surface area contributed by atoms with E-state index >= 15 is 0 Å². The van der Waals surface area contributed by atoms with Crippen LogP contribution in [-0.4, -0.2) is 5.78 Å². The van der Waals surface area contributed by atoms with E-state index in [0.29, 0.717) is 22.5 Å². The number of aryl methyl sites for hydroxylation is 2. The minimum Gasteiger partial charge on any atom is -0.398 e. The van der Waals surface area contributed by atoms with Gasteiger partial charge in [-0.3, -0.25) is 4.79 Å². The predicted molar refractivity (Wildman–Crippen MR) is 125 cm³/mol. The number of anilines is 2. The second-order valence-corrected chi connectivity index (χ2v) is 7.60. The summed E-state index contributed by atoms with van der Waals surface area (Å²) in [5, 5.41) is 0. The second-order valence-electron chi connectivity index (χ2n) is 7.60. The van der Waals surface area contributed by atoms with Gasteiger partial charge in [-0.2, -0.15) is 0 Å². The fourth-order valence-electron chi connectivity index (χ4n) is 3.78. The van der Waals surface area contributed by atoms with Crippen LogP contribution in [0.3, 0.4) is 0 Å². The molecule has 0 aliphatic carbocycles. The fraction of sp³-hybridized carbons (Fsp3) is 0.0741. The van der Waals surface area contributed by atoms with Crippen molar-refractivity contribution in [3.05, 3.63) is 107 Å². The van der Waals surface area contributed by atoms with Gasteiger partial charge in [-0.15, -0.1) is 0 Å². The maximum atomic E-state index is 13.7. The van der Waals surface area contributed by atoms with Crippen LogP contribution in [0.4, 0.5) is 11.4 Å². The Morgan fingerprint density at radius 3 is 1.40 bits per heavy atom. The molecule has 0 aliphatic heterocycles. The van der Waals surface area contributed by atoms with E-state index in [9.17, 15) is 4.79 Å². The quantitative estimate of drug-likeness (QED) is 0.329. The summed E-state index contributed by atoms with van der Waals surface area (Å²) in [4.78, 5) is 13.7. The van der Waals surface area contributed by atoms with E-state index in [1.807, 2.05) is 98.8 Å². The monoisotopic (exact) mass is 392 g/mol. The zero-order valence-electron chi connectivity index (χ0n) is 17.1. The van der Waals surface area contributed by atoms with Crippen molar-refractivity contribution >= 4 is 17.2 Å². The Hall–Kier alpha value is -3.85. The minimum absolute atomic E-state index is 0.0528. The van der Waals surface area contributed by atoms with Gasteiger partial charge in [0.2, 0.25) is 0 Å². The Morgan fingerprint density at radius 1 is 0.567 bits per heavy atom. The largest absolute Gasteiger partial charge is 0.398 e. The number of carbonyl (C=O) groups excluding carboxylic acids is 1. The average Bonchev–Trinajstić information content (AvgIpc) is 2.76. The molecule has 0 heterocycles. The summed E-state index contributed by atoms with van der Waals surface area (Å²) in [6, 6.07) is 27.0. The number of carbonyl (C=O) groups is 1. The molecule has 3 heteroatoms. The van der Waals surface area contributed by atoms with Crippen LogP contribution < -0.4 is 11.5 Å². The molecule has 4 N–H and O–H groups in total. The maximum absolute atomic E-state index is 13.7. The van der Waals surface area contributed by atoms with Crippen LogP contribution in [0.1, 0.15) is 27.0 Å². The molecule has 0 bridgehead atoms. The number of nitrogens with two attached hydrogens (primary N) is 2. The highest BCUT2D eigenvalue weighted by atomic mass is 16.1. The number of nitrogen functional groups attached to an aromatic ring is 2. The van der Waals surface area contributed by atoms with E-state index in [4.69, 9.17) is 11.5 Å². The SMILES string of the molecule is Cc1ccc(N)c(-c2ccccc2C(=O)c2ccccc2-c2cc(C)ccc2N)c1. The molecular weight excluding hydrogens is 368 g/mol. The van der Waals surface area contributed by atoms with Gasteiger partial charge in [-0.05, 0) is 49.2 Å². The molecule has 0 spiro atoms. The molecule has 0 saturated carbocycles. The van der Waals surface area contributed by atoms with Crippen LogP contribution in [0.5, 0.6) is 0 Å². The third kappa shape index (κ3) is 3.58. The zero-order chi connectivity index (χ0) is 21.3. The molecule has 0 radical (unpaired) electrons. The van der Waals surface area contributed by atoms with E-state index in [2.05, 4.69) is 0 Å². The molecule has 0 unspecified atom stereocenters. The van der Waals surface area contributed by atoms with Crippen molar-refractivity contribution in [3.8, 4) is 22.3 Å². The minimum atomic E-state index is -0.0528. The fourth-order valence-corrected chi connectivity index (χ4v) is 3.78. The van der Waals surface area contributed by atoms with E-state index in [-0.39, 0.29) is 5.78 Å². The van der Waals surface area contributed by atoms with Crippen LogP contribution in [0.15, 0.2) is 84.9 Å². The molecule has 0 aromatic heterocycles. The van der Waals surface area contributed by atoms with Crippen molar-refractivity contribution in [2.45, 2.75) is 13.8 Å². The van der Waals surface area contributed by atoms with Gasteiger partial charge in [0.05, 0.1) is 0 Å². The first-order valence-electron chi connectivity index (χ1n) is 9.91. The van der Waals surface area contributed by atoms with Gasteiger partial charge in [-0.25, -0.2) is 0 Å². The van der Waals surface area contributed by atoms with Gasteiger partial charge in [-0.1, -0.05) is 71.8 Å². The molecule has 0 atom stereocenters. The van der Waals surface area contributed by atoms with Crippen molar-refractivity contribution in [1.29, 1.82) is 0 Å². The lowest BCUT2D eigenvalue weighted by molar-refractivity contribution is 0.104. The lowest BCUT2D eigenvalue weighted by Crippen LogP contribution is -2.07. The molecule has 30 heavy (non-hydrogen) atoms. The summed E-state index contributed by atoms with van der Waals surface area (Å²) in [5.41, 5.74) is 20.6. The highest BCUT2D eigenvalue weighted by Gasteiger charge is 2.20. The molecule has 0 saturated heterocycles. The Kier molecular flexibility index (Phi) is 5.11. The third-order valence-corrected chi connectivity index (χ3v) is 5.34. The highest BCUT2D eigenvalue weighted by Crippen LogP contribution is 2.35. The van der Waals surface area contributed by atoms with Crippen molar-refractivity contribution in [2.24, 2.45) is 0 Å². The highest BCUT2D eigenvalue weighted by molar-refractivity contribution is 6.16. The first-order valence-corrected chi connectivity index (χ1v) is 9.91. The van der Waals surface area contributed by atoms with Crippen LogP contribution >= 0.6 is 0 Å². The van der Waals surface area contributed by atoms with Gasteiger partial charge in [0.25, 0.3) is 0 Å².